The zero-order valence-corrected chi connectivity index (χ0v) is 16.8. The van der Waals surface area contributed by atoms with Crippen LogP contribution in [-0.4, -0.2) is 80.1 Å². The van der Waals surface area contributed by atoms with E-state index in [1.54, 1.807) is 6.20 Å². The Bertz CT molecular complexity index is 823. The largest absolute Gasteiger partial charge is 0.368 e. The van der Waals surface area contributed by atoms with Gasteiger partial charge >= 0.3 is 0 Å². The van der Waals surface area contributed by atoms with Crippen LogP contribution in [0.25, 0.3) is 0 Å². The molecule has 4 rings (SSSR count). The molecule has 148 valence electrons. The molecule has 0 bridgehead atoms. The number of aromatic nitrogens is 1. The first-order valence-electron chi connectivity index (χ1n) is 10.1. The molecule has 6 nitrogen and oxygen atoms in total. The zero-order valence-electron chi connectivity index (χ0n) is 16.8. The maximum absolute atomic E-state index is 12.9. The second-order valence-corrected chi connectivity index (χ2v) is 7.81. The number of carbonyl (C=O) groups excluding carboxylic acids is 1. The highest BCUT2D eigenvalue weighted by Gasteiger charge is 2.23. The summed E-state index contributed by atoms with van der Waals surface area (Å²) in [7, 11) is 2.10. The number of hydrogen-bond acceptors (Lipinski definition) is 5. The minimum atomic E-state index is 0.121. The SMILES string of the molecule is Cc1cccc(N2CCN(c3cc(C(=O)N4CCN(C)CC4)ccn3)CC2)c1. The number of hydrogen-bond donors (Lipinski definition) is 0. The Morgan fingerprint density at radius 2 is 1.61 bits per heavy atom. The van der Waals surface area contributed by atoms with Gasteiger partial charge in [0.2, 0.25) is 0 Å². The summed E-state index contributed by atoms with van der Waals surface area (Å²) in [6.45, 7) is 9.33. The molecule has 2 aromatic rings. The van der Waals surface area contributed by atoms with E-state index in [0.717, 1.165) is 63.7 Å². The Morgan fingerprint density at radius 1 is 0.893 bits per heavy atom. The molecule has 2 fully saturated rings. The first-order valence-corrected chi connectivity index (χ1v) is 10.1. The number of pyridine rings is 1. The molecule has 0 unspecified atom stereocenters. The lowest BCUT2D eigenvalue weighted by Crippen LogP contribution is -2.47. The summed E-state index contributed by atoms with van der Waals surface area (Å²) in [4.78, 5) is 26.3. The van der Waals surface area contributed by atoms with E-state index in [9.17, 15) is 4.79 Å². The zero-order chi connectivity index (χ0) is 19.5. The van der Waals surface area contributed by atoms with Gasteiger partial charge in [0.1, 0.15) is 5.82 Å². The summed E-state index contributed by atoms with van der Waals surface area (Å²) in [6.07, 6.45) is 1.77. The van der Waals surface area contributed by atoms with E-state index < -0.39 is 0 Å². The highest BCUT2D eigenvalue weighted by Crippen LogP contribution is 2.21. The molecule has 0 radical (unpaired) electrons. The average Bonchev–Trinajstić information content (AvgIpc) is 2.74. The minimum Gasteiger partial charge on any atom is -0.368 e. The van der Waals surface area contributed by atoms with Gasteiger partial charge in [0, 0.05) is 69.8 Å². The van der Waals surface area contributed by atoms with Gasteiger partial charge in [-0.05, 0) is 43.8 Å². The summed E-state index contributed by atoms with van der Waals surface area (Å²) in [5.74, 6) is 1.03. The third kappa shape index (κ3) is 4.12. The molecule has 0 spiro atoms. The number of aryl methyl sites for hydroxylation is 1. The van der Waals surface area contributed by atoms with Gasteiger partial charge in [0.15, 0.2) is 0 Å². The second kappa shape index (κ2) is 8.19. The van der Waals surface area contributed by atoms with E-state index in [1.165, 1.54) is 11.3 Å². The van der Waals surface area contributed by atoms with Crippen LogP contribution in [0.15, 0.2) is 42.6 Å². The van der Waals surface area contributed by atoms with Crippen molar-refractivity contribution in [1.29, 1.82) is 0 Å². The Balaban J connectivity index is 1.40. The number of nitrogens with zero attached hydrogens (tertiary/aromatic N) is 5. The molecule has 3 heterocycles. The number of piperazine rings is 2. The van der Waals surface area contributed by atoms with Crippen molar-refractivity contribution in [2.45, 2.75) is 6.92 Å². The van der Waals surface area contributed by atoms with Crippen LogP contribution in [0.3, 0.4) is 0 Å². The topological polar surface area (TPSA) is 42.9 Å². The third-order valence-corrected chi connectivity index (χ3v) is 5.75. The van der Waals surface area contributed by atoms with E-state index in [0.29, 0.717) is 0 Å². The van der Waals surface area contributed by atoms with Gasteiger partial charge < -0.3 is 19.6 Å². The fourth-order valence-corrected chi connectivity index (χ4v) is 3.93. The molecule has 1 aromatic carbocycles. The van der Waals surface area contributed by atoms with E-state index in [2.05, 4.69) is 57.9 Å². The lowest BCUT2D eigenvalue weighted by atomic mass is 10.1. The molecule has 28 heavy (non-hydrogen) atoms. The number of likely N-dealkylation sites (N-methyl/N-ethyl adjacent to an activating group) is 1. The summed E-state index contributed by atoms with van der Waals surface area (Å²) in [6, 6.07) is 12.5. The molecule has 0 N–H and O–H groups in total. The number of anilines is 2. The van der Waals surface area contributed by atoms with Gasteiger partial charge in [0.05, 0.1) is 0 Å². The van der Waals surface area contributed by atoms with Crippen LogP contribution in [0, 0.1) is 6.92 Å². The molecule has 6 heteroatoms. The number of amides is 1. The van der Waals surface area contributed by atoms with Gasteiger partial charge in [-0.3, -0.25) is 4.79 Å². The summed E-state index contributed by atoms with van der Waals surface area (Å²) >= 11 is 0. The molecule has 2 aliphatic rings. The molecular formula is C22H29N5O. The van der Waals surface area contributed by atoms with Crippen molar-refractivity contribution in [3.8, 4) is 0 Å². The van der Waals surface area contributed by atoms with Crippen LogP contribution in [0.2, 0.25) is 0 Å². The number of rotatable bonds is 3. The fourth-order valence-electron chi connectivity index (χ4n) is 3.93. The first kappa shape index (κ1) is 18.7. The van der Waals surface area contributed by atoms with Crippen molar-refractivity contribution in [3.05, 3.63) is 53.7 Å². The minimum absolute atomic E-state index is 0.121. The van der Waals surface area contributed by atoms with Gasteiger partial charge in [-0.25, -0.2) is 4.98 Å². The Morgan fingerprint density at radius 3 is 2.32 bits per heavy atom. The Labute approximate surface area is 167 Å². The van der Waals surface area contributed by atoms with E-state index in [4.69, 9.17) is 0 Å². The van der Waals surface area contributed by atoms with Crippen molar-refractivity contribution in [2.24, 2.45) is 0 Å². The molecule has 1 amide bonds. The van der Waals surface area contributed by atoms with Crippen LogP contribution in [0.4, 0.5) is 11.5 Å². The van der Waals surface area contributed by atoms with Crippen molar-refractivity contribution in [1.82, 2.24) is 14.8 Å². The smallest absolute Gasteiger partial charge is 0.254 e. The fraction of sp³-hybridized carbons (Fsp3) is 0.455. The Hall–Kier alpha value is -2.60. The van der Waals surface area contributed by atoms with Crippen molar-refractivity contribution in [2.75, 3.05) is 69.2 Å². The van der Waals surface area contributed by atoms with E-state index in [-0.39, 0.29) is 5.91 Å². The molecule has 0 aliphatic carbocycles. The average molecular weight is 380 g/mol. The first-order chi connectivity index (χ1) is 13.6. The normalized spacial score (nSPS) is 18.4. The highest BCUT2D eigenvalue weighted by molar-refractivity contribution is 5.95. The van der Waals surface area contributed by atoms with Gasteiger partial charge in [0.25, 0.3) is 5.91 Å². The summed E-state index contributed by atoms with van der Waals surface area (Å²) in [5.41, 5.74) is 3.32. The van der Waals surface area contributed by atoms with Crippen LogP contribution in [0.1, 0.15) is 15.9 Å². The lowest BCUT2D eigenvalue weighted by molar-refractivity contribution is 0.0664. The number of benzene rings is 1. The maximum atomic E-state index is 12.9. The molecular weight excluding hydrogens is 350 g/mol. The molecule has 2 saturated heterocycles. The predicted molar refractivity (Wildman–Crippen MR) is 113 cm³/mol. The molecule has 1 aromatic heterocycles. The van der Waals surface area contributed by atoms with Crippen molar-refractivity contribution < 1.29 is 4.79 Å². The number of carbonyl (C=O) groups is 1. The maximum Gasteiger partial charge on any atom is 0.254 e. The summed E-state index contributed by atoms with van der Waals surface area (Å²) < 4.78 is 0. The predicted octanol–water partition coefficient (Wildman–Crippen LogP) is 2.10. The lowest BCUT2D eigenvalue weighted by Gasteiger charge is -2.37. The Kier molecular flexibility index (Phi) is 5.48. The van der Waals surface area contributed by atoms with E-state index >= 15 is 0 Å². The third-order valence-electron chi connectivity index (χ3n) is 5.75. The van der Waals surface area contributed by atoms with E-state index in [1.807, 2.05) is 17.0 Å². The van der Waals surface area contributed by atoms with Gasteiger partial charge in [-0.2, -0.15) is 0 Å². The van der Waals surface area contributed by atoms with Crippen LogP contribution < -0.4 is 9.80 Å². The quantitative estimate of drug-likeness (QED) is 0.817. The monoisotopic (exact) mass is 379 g/mol. The summed E-state index contributed by atoms with van der Waals surface area (Å²) in [5, 5.41) is 0. The molecule has 0 saturated carbocycles. The van der Waals surface area contributed by atoms with Gasteiger partial charge in [-0.15, -0.1) is 0 Å². The van der Waals surface area contributed by atoms with Crippen molar-refractivity contribution in [3.63, 3.8) is 0 Å². The standard InChI is InChI=1S/C22H29N5O/c1-18-4-3-5-20(16-18)25-12-14-26(15-13-25)21-17-19(6-7-23-21)22(28)27-10-8-24(2)9-11-27/h3-7,16-17H,8-15H2,1-2H3. The van der Waals surface area contributed by atoms with Crippen molar-refractivity contribution >= 4 is 17.4 Å². The molecule has 2 aliphatic heterocycles. The second-order valence-electron chi connectivity index (χ2n) is 7.81. The van der Waals surface area contributed by atoms with Crippen LogP contribution in [-0.2, 0) is 0 Å². The molecule has 0 atom stereocenters. The highest BCUT2D eigenvalue weighted by atomic mass is 16.2. The van der Waals surface area contributed by atoms with Gasteiger partial charge in [-0.1, -0.05) is 12.1 Å². The van der Waals surface area contributed by atoms with Crippen LogP contribution >= 0.6 is 0 Å². The van der Waals surface area contributed by atoms with Crippen LogP contribution in [0.5, 0.6) is 0 Å².